The van der Waals surface area contributed by atoms with E-state index in [2.05, 4.69) is 29.8 Å². The molecule has 0 aromatic heterocycles. The molecule has 0 radical (unpaired) electrons. The summed E-state index contributed by atoms with van der Waals surface area (Å²) < 4.78 is 5.21. The van der Waals surface area contributed by atoms with E-state index in [4.69, 9.17) is 22.8 Å². The van der Waals surface area contributed by atoms with Crippen LogP contribution in [0, 0.1) is 36.2 Å². The van der Waals surface area contributed by atoms with Crippen LogP contribution < -0.4 is 4.74 Å². The normalized spacial score (nSPS) is 8.83. The van der Waals surface area contributed by atoms with E-state index in [0.717, 1.165) is 0 Å². The van der Waals surface area contributed by atoms with Crippen LogP contribution in [0.5, 0.6) is 11.5 Å². The molecule has 0 saturated heterocycles. The third-order valence-corrected chi connectivity index (χ3v) is 3.30. The van der Waals surface area contributed by atoms with E-state index >= 15 is 0 Å². The van der Waals surface area contributed by atoms with E-state index in [-0.39, 0.29) is 28.7 Å². The Labute approximate surface area is 145 Å². The van der Waals surface area contributed by atoms with Gasteiger partial charge in [-0.15, -0.1) is 18.0 Å². The van der Waals surface area contributed by atoms with Crippen molar-refractivity contribution in [3.8, 4) is 47.7 Å². The van der Waals surface area contributed by atoms with Crippen molar-refractivity contribution in [3.05, 3.63) is 59.2 Å². The highest BCUT2D eigenvalue weighted by atomic mass is 35.5. The first-order chi connectivity index (χ1) is 11.7. The second-order valence-electron chi connectivity index (χ2n) is 4.53. The number of benzene rings is 2. The van der Waals surface area contributed by atoms with Crippen LogP contribution >= 0.6 is 11.6 Å². The van der Waals surface area contributed by atoms with Gasteiger partial charge in [0.1, 0.15) is 17.6 Å². The largest absolute Gasteiger partial charge is 0.507 e. The van der Waals surface area contributed by atoms with Gasteiger partial charge in [0.15, 0.2) is 5.78 Å². The number of terminal acetylenes is 1. The number of carbonyl (C=O) groups excluding carboxylic acids is 1. The predicted octanol–water partition coefficient (Wildman–Crippen LogP) is 3.34. The molecule has 0 atom stereocenters. The number of ketones is 1. The van der Waals surface area contributed by atoms with Crippen LogP contribution in [0.2, 0.25) is 0 Å². The predicted molar refractivity (Wildman–Crippen MR) is 92.6 cm³/mol. The molecule has 0 fully saturated rings. The summed E-state index contributed by atoms with van der Waals surface area (Å²) in [4.78, 5) is 12.5. The molecule has 3 nitrogen and oxygen atoms in total. The van der Waals surface area contributed by atoms with Gasteiger partial charge in [0, 0.05) is 29.0 Å². The first kappa shape index (κ1) is 17.0. The highest BCUT2D eigenvalue weighted by Gasteiger charge is 2.17. The Morgan fingerprint density at radius 2 is 1.92 bits per heavy atom. The summed E-state index contributed by atoms with van der Waals surface area (Å²) in [5.74, 6) is 9.04. The molecule has 0 heterocycles. The number of phenolic OH excluding ortho intramolecular Hbond substituents is 1. The maximum absolute atomic E-state index is 12.5. The van der Waals surface area contributed by atoms with Crippen molar-refractivity contribution in [2.45, 2.75) is 5.88 Å². The van der Waals surface area contributed by atoms with E-state index in [1.165, 1.54) is 12.1 Å². The molecule has 24 heavy (non-hydrogen) atoms. The molecule has 2 aromatic carbocycles. The molecule has 0 amide bonds. The fourth-order valence-electron chi connectivity index (χ4n) is 1.91. The van der Waals surface area contributed by atoms with E-state index in [1.54, 1.807) is 30.3 Å². The average Bonchev–Trinajstić information content (AvgIpc) is 2.62. The van der Waals surface area contributed by atoms with Crippen LogP contribution in [-0.4, -0.2) is 10.9 Å². The van der Waals surface area contributed by atoms with Gasteiger partial charge in [-0.2, -0.15) is 0 Å². The topological polar surface area (TPSA) is 46.5 Å². The number of carbonyl (C=O) groups is 1. The van der Waals surface area contributed by atoms with Gasteiger partial charge in [0.2, 0.25) is 0 Å². The minimum absolute atomic E-state index is 0.0857. The number of hydrogen-bond donors (Lipinski definition) is 1. The second-order valence-corrected chi connectivity index (χ2v) is 4.80. The molecule has 116 valence electrons. The monoisotopic (exact) mass is 334 g/mol. The molecule has 0 saturated carbocycles. The number of ether oxygens (including phenoxy) is 1. The zero-order valence-electron chi connectivity index (χ0n) is 12.5. The smallest absolute Gasteiger partial charge is 0.196 e. The molecule has 4 heteroatoms. The van der Waals surface area contributed by atoms with Crippen LogP contribution in [0.4, 0.5) is 0 Å². The van der Waals surface area contributed by atoms with Crippen molar-refractivity contribution in [2.24, 2.45) is 0 Å². The molecule has 0 aliphatic heterocycles. The Balaban J connectivity index is 2.35. The quantitative estimate of drug-likeness (QED) is 0.530. The molecule has 0 aliphatic rings. The summed E-state index contributed by atoms with van der Waals surface area (Å²) in [6, 6.07) is 11.4. The van der Waals surface area contributed by atoms with Crippen LogP contribution in [0.25, 0.3) is 0 Å². The Kier molecular flexibility index (Phi) is 5.93. The maximum atomic E-state index is 12.5. The Hall–Kier alpha value is -3.32. The van der Waals surface area contributed by atoms with Gasteiger partial charge in [-0.05, 0) is 17.9 Å². The SMILES string of the molecule is C#CC#CC#COc1cc(O)c(C(=O)c2ccccc2)cc1CCl. The summed E-state index contributed by atoms with van der Waals surface area (Å²) in [5.41, 5.74) is 1.13. The van der Waals surface area contributed by atoms with E-state index in [0.29, 0.717) is 11.1 Å². The number of phenols is 1. The highest BCUT2D eigenvalue weighted by molar-refractivity contribution is 6.17. The summed E-state index contributed by atoms with van der Waals surface area (Å²) in [6.07, 6.45) is 7.31. The number of halogens is 1. The van der Waals surface area contributed by atoms with Gasteiger partial charge < -0.3 is 9.84 Å². The Morgan fingerprint density at radius 3 is 2.58 bits per heavy atom. The Bertz CT molecular complexity index is 917. The minimum atomic E-state index is -0.308. The number of aromatic hydroxyl groups is 1. The standard InChI is InChI=1S/C20H11ClO3/c1-2-3-4-8-11-24-19-13-18(22)17(12-16(19)14-21)20(23)15-9-6-5-7-10-15/h1,5-7,9-10,12-13,22H,14H2. The zero-order valence-corrected chi connectivity index (χ0v) is 13.2. The van der Waals surface area contributed by atoms with E-state index in [9.17, 15) is 9.90 Å². The van der Waals surface area contributed by atoms with Gasteiger partial charge in [-0.1, -0.05) is 30.3 Å². The van der Waals surface area contributed by atoms with Crippen LogP contribution in [0.15, 0.2) is 42.5 Å². The fraction of sp³-hybridized carbons (Fsp3) is 0.0500. The average molecular weight is 335 g/mol. The summed E-state index contributed by atoms with van der Waals surface area (Å²) in [6.45, 7) is 0. The van der Waals surface area contributed by atoms with Gasteiger partial charge in [0.25, 0.3) is 0 Å². The zero-order chi connectivity index (χ0) is 17.4. The van der Waals surface area contributed by atoms with Crippen LogP contribution in [0.3, 0.4) is 0 Å². The van der Waals surface area contributed by atoms with E-state index < -0.39 is 0 Å². The van der Waals surface area contributed by atoms with Crippen molar-refractivity contribution in [1.82, 2.24) is 0 Å². The van der Waals surface area contributed by atoms with Gasteiger partial charge in [-0.25, -0.2) is 0 Å². The van der Waals surface area contributed by atoms with Crippen LogP contribution in [0.1, 0.15) is 21.5 Å². The molecule has 2 rings (SSSR count). The molecule has 0 bridgehead atoms. The van der Waals surface area contributed by atoms with E-state index in [1.807, 2.05) is 0 Å². The van der Waals surface area contributed by atoms with Gasteiger partial charge in [-0.3, -0.25) is 4.79 Å². The lowest BCUT2D eigenvalue weighted by Crippen LogP contribution is -2.03. The lowest BCUT2D eigenvalue weighted by Gasteiger charge is -2.09. The first-order valence-electron chi connectivity index (χ1n) is 6.81. The number of hydrogen-bond acceptors (Lipinski definition) is 3. The third kappa shape index (κ3) is 4.11. The highest BCUT2D eigenvalue weighted by Crippen LogP contribution is 2.31. The molecular formula is C20H11ClO3. The Morgan fingerprint density at radius 1 is 1.17 bits per heavy atom. The number of rotatable bonds is 4. The first-order valence-corrected chi connectivity index (χ1v) is 7.35. The molecule has 0 unspecified atom stereocenters. The summed E-state index contributed by atoms with van der Waals surface area (Å²) in [5, 5.41) is 10.1. The maximum Gasteiger partial charge on any atom is 0.196 e. The van der Waals surface area contributed by atoms with Crippen molar-refractivity contribution < 1.29 is 14.6 Å². The molecule has 1 N–H and O–H groups in total. The van der Waals surface area contributed by atoms with Gasteiger partial charge in [0.05, 0.1) is 11.4 Å². The molecular weight excluding hydrogens is 324 g/mol. The minimum Gasteiger partial charge on any atom is -0.507 e. The second kappa shape index (κ2) is 8.35. The fourth-order valence-corrected chi connectivity index (χ4v) is 2.12. The summed E-state index contributed by atoms with van der Waals surface area (Å²) >= 11 is 5.89. The molecule has 0 spiro atoms. The summed E-state index contributed by atoms with van der Waals surface area (Å²) in [7, 11) is 0. The van der Waals surface area contributed by atoms with Crippen molar-refractivity contribution in [1.29, 1.82) is 0 Å². The van der Waals surface area contributed by atoms with Crippen molar-refractivity contribution >= 4 is 17.4 Å². The number of alkyl halides is 1. The third-order valence-electron chi connectivity index (χ3n) is 3.01. The van der Waals surface area contributed by atoms with Crippen molar-refractivity contribution in [2.75, 3.05) is 0 Å². The molecule has 2 aromatic rings. The lowest BCUT2D eigenvalue weighted by atomic mass is 10.00. The lowest BCUT2D eigenvalue weighted by molar-refractivity contribution is 0.103. The van der Waals surface area contributed by atoms with Crippen LogP contribution in [-0.2, 0) is 5.88 Å². The molecule has 0 aliphatic carbocycles. The van der Waals surface area contributed by atoms with Gasteiger partial charge >= 0.3 is 0 Å². The van der Waals surface area contributed by atoms with Crippen molar-refractivity contribution in [3.63, 3.8) is 0 Å².